The van der Waals surface area contributed by atoms with Crippen molar-refractivity contribution in [2.45, 2.75) is 32.4 Å². The summed E-state index contributed by atoms with van der Waals surface area (Å²) >= 11 is 0. The highest BCUT2D eigenvalue weighted by Gasteiger charge is 2.30. The molecular weight excluding hydrogens is 352 g/mol. The lowest BCUT2D eigenvalue weighted by atomic mass is 10.2. The molecule has 28 heavy (non-hydrogen) atoms. The van der Waals surface area contributed by atoms with Gasteiger partial charge in [0.05, 0.1) is 12.0 Å². The van der Waals surface area contributed by atoms with E-state index in [1.165, 1.54) is 4.57 Å². The summed E-state index contributed by atoms with van der Waals surface area (Å²) in [6, 6.07) is 17.6. The van der Waals surface area contributed by atoms with E-state index in [1.807, 2.05) is 66.1 Å². The maximum atomic E-state index is 13.2. The second kappa shape index (κ2) is 6.34. The number of nitrogens with zero attached hydrogens (tertiary/aromatic N) is 4. The summed E-state index contributed by atoms with van der Waals surface area (Å²) in [5, 5.41) is 0. The first-order chi connectivity index (χ1) is 13.6. The zero-order valence-electron chi connectivity index (χ0n) is 15.6. The van der Waals surface area contributed by atoms with Crippen molar-refractivity contribution in [1.29, 1.82) is 0 Å². The van der Waals surface area contributed by atoms with Crippen molar-refractivity contribution in [3.63, 3.8) is 0 Å². The maximum Gasteiger partial charge on any atom is 0.337 e. The van der Waals surface area contributed by atoms with Gasteiger partial charge >= 0.3 is 5.69 Å². The van der Waals surface area contributed by atoms with Gasteiger partial charge in [-0.3, -0.25) is 9.36 Å². The van der Waals surface area contributed by atoms with Crippen LogP contribution >= 0.6 is 0 Å². The minimum absolute atomic E-state index is 0.0134. The fourth-order valence-electron chi connectivity index (χ4n) is 3.71. The third-order valence-corrected chi connectivity index (χ3v) is 5.22. The van der Waals surface area contributed by atoms with Crippen molar-refractivity contribution in [3.05, 3.63) is 92.9 Å². The molecule has 0 spiro atoms. The third kappa shape index (κ3) is 2.69. The van der Waals surface area contributed by atoms with Crippen LogP contribution in [0.5, 0.6) is 0 Å². The highest BCUT2D eigenvalue weighted by Crippen LogP contribution is 2.32. The van der Waals surface area contributed by atoms with Gasteiger partial charge in [-0.1, -0.05) is 42.5 Å². The Kier molecular flexibility index (Phi) is 3.79. The zero-order valence-corrected chi connectivity index (χ0v) is 15.6. The van der Waals surface area contributed by atoms with Crippen LogP contribution in [0.15, 0.2) is 70.5 Å². The topological polar surface area (TPSA) is 61.8 Å². The van der Waals surface area contributed by atoms with Gasteiger partial charge in [-0.2, -0.15) is 0 Å². The number of benzene rings is 2. The van der Waals surface area contributed by atoms with E-state index in [4.69, 9.17) is 0 Å². The zero-order chi connectivity index (χ0) is 19.3. The lowest BCUT2D eigenvalue weighted by molar-refractivity contribution is 0.639. The number of aromatic nitrogens is 4. The minimum Gasteiger partial charge on any atom is -0.320 e. The summed E-state index contributed by atoms with van der Waals surface area (Å²) in [6.45, 7) is 2.51. The van der Waals surface area contributed by atoms with Gasteiger partial charge in [0.1, 0.15) is 0 Å². The van der Waals surface area contributed by atoms with E-state index in [2.05, 4.69) is 4.98 Å². The normalized spacial score (nSPS) is 13.9. The third-order valence-electron chi connectivity index (χ3n) is 5.22. The Morgan fingerprint density at radius 1 is 1.04 bits per heavy atom. The fraction of sp³-hybridized carbons (Fsp3) is 0.227. The molecule has 0 aliphatic heterocycles. The van der Waals surface area contributed by atoms with Crippen molar-refractivity contribution >= 4 is 11.2 Å². The van der Waals surface area contributed by atoms with Gasteiger partial charge in [-0.25, -0.2) is 14.3 Å². The Morgan fingerprint density at radius 2 is 1.82 bits per heavy atom. The van der Waals surface area contributed by atoms with Crippen LogP contribution < -0.4 is 11.2 Å². The molecular formula is C22H20N4O2. The average molecular weight is 372 g/mol. The number of imidazole rings is 1. The van der Waals surface area contributed by atoms with Crippen LogP contribution in [0.25, 0.3) is 16.9 Å². The summed E-state index contributed by atoms with van der Waals surface area (Å²) in [7, 11) is 0. The lowest BCUT2D eigenvalue weighted by Gasteiger charge is -2.12. The molecule has 1 aliphatic carbocycles. The molecule has 2 aromatic heterocycles. The van der Waals surface area contributed by atoms with Gasteiger partial charge in [-0.05, 0) is 43.0 Å². The largest absolute Gasteiger partial charge is 0.337 e. The summed E-state index contributed by atoms with van der Waals surface area (Å²) in [5.41, 5.74) is 3.17. The second-order valence-corrected chi connectivity index (χ2v) is 7.39. The maximum absolute atomic E-state index is 13.2. The molecule has 0 radical (unpaired) electrons. The Bertz CT molecular complexity index is 1290. The molecule has 6 nitrogen and oxygen atoms in total. The molecule has 0 bridgehead atoms. The molecule has 2 aromatic carbocycles. The Hall–Kier alpha value is -3.41. The molecule has 1 saturated carbocycles. The molecule has 0 saturated heterocycles. The first kappa shape index (κ1) is 16.7. The standard InChI is InChI=1S/C22H20N4O2/c1-15-6-5-9-18(12-15)25-20-19(21(27)26(22(25)28)17-10-11-17)24(14-23-20)13-16-7-3-2-4-8-16/h2-9,12,14,17H,10-11,13H2,1H3. The van der Waals surface area contributed by atoms with E-state index in [-0.39, 0.29) is 17.3 Å². The number of fused-ring (bicyclic) bond motifs is 1. The van der Waals surface area contributed by atoms with Gasteiger partial charge in [0.2, 0.25) is 0 Å². The highest BCUT2D eigenvalue weighted by atomic mass is 16.2. The summed E-state index contributed by atoms with van der Waals surface area (Å²) in [4.78, 5) is 31.0. The van der Waals surface area contributed by atoms with Crippen LogP contribution in [0.2, 0.25) is 0 Å². The highest BCUT2D eigenvalue weighted by molar-refractivity contribution is 5.72. The minimum atomic E-state index is -0.310. The Morgan fingerprint density at radius 3 is 2.54 bits per heavy atom. The van der Waals surface area contributed by atoms with Crippen LogP contribution in [0.4, 0.5) is 0 Å². The van der Waals surface area contributed by atoms with Crippen molar-refractivity contribution in [2.75, 3.05) is 0 Å². The first-order valence-corrected chi connectivity index (χ1v) is 9.47. The van der Waals surface area contributed by atoms with E-state index >= 15 is 0 Å². The fourth-order valence-corrected chi connectivity index (χ4v) is 3.71. The molecule has 140 valence electrons. The van der Waals surface area contributed by atoms with Gasteiger partial charge in [0.15, 0.2) is 11.2 Å². The molecule has 1 aliphatic rings. The molecule has 2 heterocycles. The molecule has 5 rings (SSSR count). The van der Waals surface area contributed by atoms with Crippen molar-refractivity contribution < 1.29 is 0 Å². The summed E-state index contributed by atoms with van der Waals surface area (Å²) < 4.78 is 4.83. The molecule has 4 aromatic rings. The predicted molar refractivity (Wildman–Crippen MR) is 108 cm³/mol. The number of hydrogen-bond donors (Lipinski definition) is 0. The van der Waals surface area contributed by atoms with Crippen LogP contribution in [0, 0.1) is 6.92 Å². The average Bonchev–Trinajstić information content (AvgIpc) is 3.43. The summed E-state index contributed by atoms with van der Waals surface area (Å²) in [5.74, 6) is 0. The Labute approximate surface area is 161 Å². The van der Waals surface area contributed by atoms with Gasteiger partial charge in [-0.15, -0.1) is 0 Å². The van der Waals surface area contributed by atoms with Crippen LogP contribution in [0.3, 0.4) is 0 Å². The van der Waals surface area contributed by atoms with E-state index in [0.29, 0.717) is 17.7 Å². The van der Waals surface area contributed by atoms with E-state index in [1.54, 1.807) is 10.9 Å². The monoisotopic (exact) mass is 372 g/mol. The van der Waals surface area contributed by atoms with Crippen LogP contribution in [-0.2, 0) is 6.54 Å². The molecule has 0 atom stereocenters. The van der Waals surface area contributed by atoms with E-state index in [0.717, 1.165) is 29.7 Å². The van der Waals surface area contributed by atoms with Gasteiger partial charge < -0.3 is 4.57 Å². The Balaban J connectivity index is 1.80. The van der Waals surface area contributed by atoms with Crippen LogP contribution in [-0.4, -0.2) is 18.7 Å². The molecule has 0 unspecified atom stereocenters. The number of hydrogen-bond acceptors (Lipinski definition) is 3. The quantitative estimate of drug-likeness (QED) is 0.553. The first-order valence-electron chi connectivity index (χ1n) is 9.47. The van der Waals surface area contributed by atoms with Crippen molar-refractivity contribution in [3.8, 4) is 5.69 Å². The smallest absolute Gasteiger partial charge is 0.320 e. The SMILES string of the molecule is Cc1cccc(-n2c(=O)n(C3CC3)c(=O)c3c2ncn3Cc2ccccc2)c1. The van der Waals surface area contributed by atoms with Crippen molar-refractivity contribution in [1.82, 2.24) is 18.7 Å². The summed E-state index contributed by atoms with van der Waals surface area (Å²) in [6.07, 6.45) is 3.38. The number of aryl methyl sites for hydroxylation is 1. The predicted octanol–water partition coefficient (Wildman–Crippen LogP) is 3.04. The second-order valence-electron chi connectivity index (χ2n) is 7.39. The van der Waals surface area contributed by atoms with Gasteiger partial charge in [0.25, 0.3) is 5.56 Å². The lowest BCUT2D eigenvalue weighted by Crippen LogP contribution is -2.39. The molecule has 1 fully saturated rings. The van der Waals surface area contributed by atoms with Crippen molar-refractivity contribution in [2.24, 2.45) is 0 Å². The van der Waals surface area contributed by atoms with Gasteiger partial charge in [0, 0.05) is 12.6 Å². The molecule has 0 amide bonds. The van der Waals surface area contributed by atoms with E-state index in [9.17, 15) is 9.59 Å². The van der Waals surface area contributed by atoms with Crippen LogP contribution in [0.1, 0.15) is 30.0 Å². The van der Waals surface area contributed by atoms with E-state index < -0.39 is 0 Å². The molecule has 6 heteroatoms. The number of rotatable bonds is 4. The molecule has 0 N–H and O–H groups in total.